The number of pyridine rings is 2. The minimum absolute atomic E-state index is 0.200. The maximum atomic E-state index is 8.71. The molecule has 0 aliphatic carbocycles. The molecule has 2 aromatic heterocycles. The highest BCUT2D eigenvalue weighted by molar-refractivity contribution is 6.35. The molecule has 0 unspecified atom stereocenters. The fraction of sp³-hybridized carbons (Fsp3) is 0.0476. The van der Waals surface area contributed by atoms with Crippen LogP contribution < -0.4 is 0 Å². The summed E-state index contributed by atoms with van der Waals surface area (Å²) in [6.07, 6.45) is 2.93. The Bertz CT molecular complexity index is 1130. The number of rotatable bonds is 0. The van der Waals surface area contributed by atoms with E-state index in [1.807, 2.05) is 43.3 Å². The molecule has 0 radical (unpaired) electrons. The quantitative estimate of drug-likeness (QED) is 0.441. The highest BCUT2D eigenvalue weighted by Crippen LogP contribution is 2.17. The van der Waals surface area contributed by atoms with Crippen molar-refractivity contribution < 1.29 is 0 Å². The predicted molar refractivity (Wildman–Crippen MR) is 110 cm³/mol. The first-order valence-corrected chi connectivity index (χ1v) is 8.92. The minimum Gasteiger partial charge on any atom is -0.243 e. The lowest BCUT2D eigenvalue weighted by Crippen LogP contribution is -1.86. The van der Waals surface area contributed by atoms with Crippen LogP contribution in [0.15, 0.2) is 48.8 Å². The summed E-state index contributed by atoms with van der Waals surface area (Å²) in [7, 11) is 0. The number of nitriles is 2. The fourth-order valence-corrected chi connectivity index (χ4v) is 2.50. The van der Waals surface area contributed by atoms with Crippen LogP contribution in [0.25, 0.3) is 0 Å². The van der Waals surface area contributed by atoms with E-state index in [9.17, 15) is 0 Å². The van der Waals surface area contributed by atoms with Crippen molar-refractivity contribution in [2.45, 2.75) is 6.92 Å². The van der Waals surface area contributed by atoms with E-state index in [2.05, 4.69) is 21.8 Å². The molecule has 0 aliphatic heterocycles. The van der Waals surface area contributed by atoms with Crippen LogP contribution in [-0.2, 0) is 0 Å². The minimum atomic E-state index is 0.200. The van der Waals surface area contributed by atoms with Crippen LogP contribution in [0.2, 0.25) is 15.1 Å². The number of nitrogens with zero attached hydrogens (tertiary/aromatic N) is 4. The molecule has 2 heterocycles. The molecule has 4 nitrogen and oxygen atoms in total. The number of aromatic nitrogens is 2. The van der Waals surface area contributed by atoms with Gasteiger partial charge in [0, 0.05) is 23.5 Å². The third kappa shape index (κ3) is 6.27. The fourth-order valence-electron chi connectivity index (χ4n) is 1.87. The molecule has 0 saturated heterocycles. The van der Waals surface area contributed by atoms with Gasteiger partial charge in [-0.3, -0.25) is 0 Å². The molecule has 0 atom stereocenters. The second-order valence-corrected chi connectivity index (χ2v) is 6.63. The summed E-state index contributed by atoms with van der Waals surface area (Å²) in [6.45, 7) is 2.03. The van der Waals surface area contributed by atoms with Crippen LogP contribution in [0.4, 0.5) is 0 Å². The van der Waals surface area contributed by atoms with E-state index in [1.165, 1.54) is 17.8 Å². The Morgan fingerprint density at radius 3 is 1.82 bits per heavy atom. The van der Waals surface area contributed by atoms with Crippen molar-refractivity contribution in [2.24, 2.45) is 0 Å². The van der Waals surface area contributed by atoms with Gasteiger partial charge in [-0.1, -0.05) is 64.3 Å². The summed E-state index contributed by atoms with van der Waals surface area (Å²) in [5, 5.41) is 18.1. The number of hydrogen-bond acceptors (Lipinski definition) is 4. The molecular formula is C21H11Cl3N4. The van der Waals surface area contributed by atoms with E-state index < -0.39 is 0 Å². The van der Waals surface area contributed by atoms with Crippen molar-refractivity contribution in [3.8, 4) is 24.0 Å². The van der Waals surface area contributed by atoms with Crippen molar-refractivity contribution in [3.05, 3.63) is 91.9 Å². The summed E-state index contributed by atoms with van der Waals surface area (Å²) in [6, 6.07) is 14.8. The Kier molecular flexibility index (Phi) is 7.82. The first-order valence-electron chi connectivity index (χ1n) is 7.78. The second kappa shape index (κ2) is 10.3. The summed E-state index contributed by atoms with van der Waals surface area (Å²) in [5.41, 5.74) is 3.24. The van der Waals surface area contributed by atoms with Gasteiger partial charge < -0.3 is 0 Å². The average molecular weight is 426 g/mol. The summed E-state index contributed by atoms with van der Waals surface area (Å²) >= 11 is 17.0. The highest BCUT2D eigenvalue weighted by atomic mass is 35.5. The maximum Gasteiger partial charge on any atom is 0.159 e. The van der Waals surface area contributed by atoms with Crippen molar-refractivity contribution in [3.63, 3.8) is 0 Å². The highest BCUT2D eigenvalue weighted by Gasteiger charge is 2.00. The van der Waals surface area contributed by atoms with Gasteiger partial charge >= 0.3 is 0 Å². The molecule has 0 amide bonds. The van der Waals surface area contributed by atoms with E-state index >= 15 is 0 Å². The first-order chi connectivity index (χ1) is 13.4. The van der Waals surface area contributed by atoms with Gasteiger partial charge in [0.05, 0.1) is 15.1 Å². The smallest absolute Gasteiger partial charge is 0.159 e. The monoisotopic (exact) mass is 424 g/mol. The summed E-state index contributed by atoms with van der Waals surface area (Å²) < 4.78 is 0. The van der Waals surface area contributed by atoms with Gasteiger partial charge in [-0.15, -0.1) is 0 Å². The van der Waals surface area contributed by atoms with E-state index in [-0.39, 0.29) is 16.4 Å². The molecule has 28 heavy (non-hydrogen) atoms. The van der Waals surface area contributed by atoms with Crippen molar-refractivity contribution in [1.29, 1.82) is 10.5 Å². The van der Waals surface area contributed by atoms with Crippen LogP contribution in [0, 0.1) is 41.4 Å². The van der Waals surface area contributed by atoms with Gasteiger partial charge in [0.1, 0.15) is 12.1 Å². The first kappa shape index (κ1) is 21.2. The molecule has 0 N–H and O–H groups in total. The summed E-state index contributed by atoms with van der Waals surface area (Å²) in [4.78, 5) is 7.60. The van der Waals surface area contributed by atoms with Crippen molar-refractivity contribution in [2.75, 3.05) is 0 Å². The average Bonchev–Trinajstić information content (AvgIpc) is 2.68. The number of aryl methyl sites for hydroxylation is 1. The Labute approximate surface area is 178 Å². The zero-order chi connectivity index (χ0) is 20.5. The maximum absolute atomic E-state index is 8.71. The lowest BCUT2D eigenvalue weighted by Gasteiger charge is -1.94. The third-order valence-electron chi connectivity index (χ3n) is 3.26. The molecule has 0 bridgehead atoms. The Morgan fingerprint density at radius 2 is 1.29 bits per heavy atom. The number of hydrogen-bond donors (Lipinski definition) is 0. The Morgan fingerprint density at radius 1 is 0.750 bits per heavy atom. The van der Waals surface area contributed by atoms with Gasteiger partial charge in [-0.05, 0) is 31.2 Å². The van der Waals surface area contributed by atoms with Crippen molar-refractivity contribution in [1.82, 2.24) is 9.97 Å². The van der Waals surface area contributed by atoms with Gasteiger partial charge in [-0.2, -0.15) is 10.5 Å². The normalized spacial score (nSPS) is 9.07. The third-order valence-corrected chi connectivity index (χ3v) is 4.05. The van der Waals surface area contributed by atoms with Gasteiger partial charge in [-0.25, -0.2) is 9.97 Å². The molecule has 3 aromatic rings. The number of halogens is 3. The van der Waals surface area contributed by atoms with E-state index in [4.69, 9.17) is 45.3 Å². The molecule has 0 fully saturated rings. The zero-order valence-electron chi connectivity index (χ0n) is 14.5. The van der Waals surface area contributed by atoms with E-state index in [0.717, 1.165) is 5.56 Å². The topological polar surface area (TPSA) is 73.4 Å². The summed E-state index contributed by atoms with van der Waals surface area (Å²) in [5.74, 6) is 5.99. The van der Waals surface area contributed by atoms with E-state index in [1.54, 1.807) is 12.3 Å². The Balaban J connectivity index is 0.000000237. The van der Waals surface area contributed by atoms with Crippen LogP contribution >= 0.6 is 34.8 Å². The SMILES string of the molecule is Cc1ccc(C#Cc2cnc(C#N)c(Cl)c2)cc1.N#Cc1ncc(Cl)cc1Cl. The van der Waals surface area contributed by atoms with Gasteiger partial charge in [0.2, 0.25) is 0 Å². The lowest BCUT2D eigenvalue weighted by atomic mass is 10.1. The lowest BCUT2D eigenvalue weighted by molar-refractivity contribution is 1.25. The zero-order valence-corrected chi connectivity index (χ0v) is 16.8. The Hall–Kier alpha value is -3.07. The molecular weight excluding hydrogens is 415 g/mol. The van der Waals surface area contributed by atoms with Crippen LogP contribution in [-0.4, -0.2) is 9.97 Å². The van der Waals surface area contributed by atoms with Crippen LogP contribution in [0.1, 0.15) is 28.1 Å². The van der Waals surface area contributed by atoms with Crippen LogP contribution in [0.3, 0.4) is 0 Å². The molecule has 0 aliphatic rings. The molecule has 1 aromatic carbocycles. The second-order valence-electron chi connectivity index (χ2n) is 5.38. The number of benzene rings is 1. The van der Waals surface area contributed by atoms with Gasteiger partial charge in [0.25, 0.3) is 0 Å². The standard InChI is InChI=1S/C15H9ClN2.C6H2Cl2N2/c1-11-2-4-12(5-3-11)6-7-13-8-14(16)15(9-17)18-10-13;7-4-1-5(8)6(2-9)10-3-4/h2-5,8,10H,1H3;1,3H. The predicted octanol–water partition coefficient (Wildman–Crippen LogP) is 5.57. The largest absolute Gasteiger partial charge is 0.243 e. The van der Waals surface area contributed by atoms with Crippen molar-refractivity contribution >= 4 is 34.8 Å². The molecule has 0 spiro atoms. The van der Waals surface area contributed by atoms with E-state index in [0.29, 0.717) is 15.6 Å². The molecule has 3 rings (SSSR count). The molecule has 136 valence electrons. The van der Waals surface area contributed by atoms with Crippen LogP contribution in [0.5, 0.6) is 0 Å². The van der Waals surface area contributed by atoms with Gasteiger partial charge in [0.15, 0.2) is 11.4 Å². The molecule has 0 saturated carbocycles. The molecule has 7 heteroatoms.